The molecule has 1 aromatic heterocycles. The second-order valence-corrected chi connectivity index (χ2v) is 7.19. The molecule has 5 heteroatoms. The second-order valence-electron chi connectivity index (χ2n) is 5.84. The van der Waals surface area contributed by atoms with Crippen molar-refractivity contribution >= 4 is 34.1 Å². The van der Waals surface area contributed by atoms with Gasteiger partial charge in [0.2, 0.25) is 0 Å². The molecule has 4 aromatic rings. The number of nitrogens with zero attached hydrogens (tertiary/aromatic N) is 3. The first kappa shape index (κ1) is 16.2. The minimum Gasteiger partial charge on any atom is -0.277 e. The smallest absolute Gasteiger partial charge is 0.195 e. The maximum Gasteiger partial charge on any atom is 0.195 e. The topological polar surface area (TPSA) is 30.7 Å². The second kappa shape index (κ2) is 6.90. The highest BCUT2D eigenvalue weighted by Gasteiger charge is 2.10. The number of hydrogen-bond acceptors (Lipinski definition) is 3. The van der Waals surface area contributed by atoms with Crippen LogP contribution in [0.5, 0.6) is 0 Å². The van der Waals surface area contributed by atoms with Crippen LogP contribution < -0.4 is 0 Å². The zero-order valence-electron chi connectivity index (χ0n) is 13.7. The number of benzene rings is 3. The number of halogens is 1. The fourth-order valence-corrected chi connectivity index (χ4v) is 3.90. The Labute approximate surface area is 155 Å². The summed E-state index contributed by atoms with van der Waals surface area (Å²) in [6, 6.07) is 20.8. The van der Waals surface area contributed by atoms with Crippen molar-refractivity contribution in [1.82, 2.24) is 14.8 Å². The summed E-state index contributed by atoms with van der Waals surface area (Å²) in [6.45, 7) is 1.99. The van der Waals surface area contributed by atoms with Gasteiger partial charge in [0.25, 0.3) is 0 Å². The lowest BCUT2D eigenvalue weighted by Gasteiger charge is -2.09. The van der Waals surface area contributed by atoms with Crippen molar-refractivity contribution in [2.75, 3.05) is 0 Å². The van der Waals surface area contributed by atoms with Crippen LogP contribution in [0.4, 0.5) is 0 Å². The SMILES string of the molecule is Cc1ccc(-n2cnnc2SCc2cccc3ccccc23)cc1Cl. The normalized spacial score (nSPS) is 11.1. The molecule has 3 aromatic carbocycles. The third kappa shape index (κ3) is 3.28. The molecule has 0 radical (unpaired) electrons. The van der Waals surface area contributed by atoms with Gasteiger partial charge in [-0.25, -0.2) is 0 Å². The Morgan fingerprint density at radius 1 is 1.04 bits per heavy atom. The van der Waals surface area contributed by atoms with Crippen LogP contribution in [0, 0.1) is 6.92 Å². The molecule has 0 amide bonds. The number of rotatable bonds is 4. The van der Waals surface area contributed by atoms with Gasteiger partial charge in [0.1, 0.15) is 6.33 Å². The predicted octanol–water partition coefficient (Wildman–Crippen LogP) is 5.67. The van der Waals surface area contributed by atoms with E-state index < -0.39 is 0 Å². The third-order valence-electron chi connectivity index (χ3n) is 4.19. The monoisotopic (exact) mass is 365 g/mol. The summed E-state index contributed by atoms with van der Waals surface area (Å²) in [6.07, 6.45) is 1.73. The van der Waals surface area contributed by atoms with Gasteiger partial charge in [-0.3, -0.25) is 4.57 Å². The van der Waals surface area contributed by atoms with Crippen molar-refractivity contribution in [3.8, 4) is 5.69 Å². The molecule has 0 aliphatic rings. The molecular weight excluding hydrogens is 350 g/mol. The number of thioether (sulfide) groups is 1. The van der Waals surface area contributed by atoms with E-state index in [-0.39, 0.29) is 0 Å². The minimum absolute atomic E-state index is 0.746. The molecule has 0 bridgehead atoms. The lowest BCUT2D eigenvalue weighted by Crippen LogP contribution is -1.96. The van der Waals surface area contributed by atoms with Crippen molar-refractivity contribution in [3.05, 3.63) is 83.1 Å². The molecular formula is C20H16ClN3S. The number of aromatic nitrogens is 3. The van der Waals surface area contributed by atoms with Crippen LogP contribution in [0.1, 0.15) is 11.1 Å². The van der Waals surface area contributed by atoms with E-state index >= 15 is 0 Å². The van der Waals surface area contributed by atoms with E-state index in [9.17, 15) is 0 Å². The Balaban J connectivity index is 1.62. The Bertz CT molecular complexity index is 1040. The first-order valence-corrected chi connectivity index (χ1v) is 9.35. The lowest BCUT2D eigenvalue weighted by atomic mass is 10.1. The molecule has 0 N–H and O–H groups in total. The van der Waals surface area contributed by atoms with Crippen molar-refractivity contribution in [2.24, 2.45) is 0 Å². The van der Waals surface area contributed by atoms with Gasteiger partial charge >= 0.3 is 0 Å². The van der Waals surface area contributed by atoms with Crippen LogP contribution in [0.15, 0.2) is 72.1 Å². The van der Waals surface area contributed by atoms with Crippen molar-refractivity contribution in [3.63, 3.8) is 0 Å². The molecule has 25 heavy (non-hydrogen) atoms. The maximum atomic E-state index is 6.26. The molecule has 0 atom stereocenters. The Morgan fingerprint density at radius 3 is 2.76 bits per heavy atom. The van der Waals surface area contributed by atoms with Crippen LogP contribution in [-0.4, -0.2) is 14.8 Å². The summed E-state index contributed by atoms with van der Waals surface area (Å²) in [7, 11) is 0. The number of aryl methyl sites for hydroxylation is 1. The van der Waals surface area contributed by atoms with Gasteiger partial charge in [0.15, 0.2) is 5.16 Å². The largest absolute Gasteiger partial charge is 0.277 e. The molecule has 0 aliphatic heterocycles. The van der Waals surface area contributed by atoms with Crippen LogP contribution in [0.25, 0.3) is 16.5 Å². The Morgan fingerprint density at radius 2 is 1.88 bits per heavy atom. The van der Waals surface area contributed by atoms with Gasteiger partial charge in [-0.15, -0.1) is 10.2 Å². The van der Waals surface area contributed by atoms with E-state index in [1.165, 1.54) is 16.3 Å². The zero-order valence-corrected chi connectivity index (χ0v) is 15.3. The average molecular weight is 366 g/mol. The van der Waals surface area contributed by atoms with Gasteiger partial charge < -0.3 is 0 Å². The van der Waals surface area contributed by atoms with Crippen LogP contribution >= 0.6 is 23.4 Å². The van der Waals surface area contributed by atoms with Crippen molar-refractivity contribution in [1.29, 1.82) is 0 Å². The summed E-state index contributed by atoms with van der Waals surface area (Å²) in [4.78, 5) is 0. The van der Waals surface area contributed by atoms with E-state index in [0.29, 0.717) is 0 Å². The molecule has 0 fully saturated rings. The fourth-order valence-electron chi connectivity index (χ4n) is 2.79. The minimum atomic E-state index is 0.746. The number of fused-ring (bicyclic) bond motifs is 1. The van der Waals surface area contributed by atoms with Gasteiger partial charge in [-0.1, -0.05) is 71.9 Å². The lowest BCUT2D eigenvalue weighted by molar-refractivity contribution is 0.883. The van der Waals surface area contributed by atoms with Crippen molar-refractivity contribution < 1.29 is 0 Å². The van der Waals surface area contributed by atoms with E-state index in [2.05, 4.69) is 52.7 Å². The summed E-state index contributed by atoms with van der Waals surface area (Å²) < 4.78 is 1.97. The maximum absolute atomic E-state index is 6.26. The number of hydrogen-bond donors (Lipinski definition) is 0. The summed E-state index contributed by atoms with van der Waals surface area (Å²) >= 11 is 7.93. The van der Waals surface area contributed by atoms with Crippen LogP contribution in [0.2, 0.25) is 5.02 Å². The molecule has 0 aliphatic carbocycles. The van der Waals surface area contributed by atoms with Crippen molar-refractivity contribution in [2.45, 2.75) is 17.8 Å². The van der Waals surface area contributed by atoms with Gasteiger partial charge in [0, 0.05) is 10.8 Å². The first-order valence-electron chi connectivity index (χ1n) is 7.98. The molecule has 1 heterocycles. The molecule has 3 nitrogen and oxygen atoms in total. The summed E-state index contributed by atoms with van der Waals surface area (Å²) in [5.41, 5.74) is 3.32. The van der Waals surface area contributed by atoms with E-state index in [4.69, 9.17) is 11.6 Å². The van der Waals surface area contributed by atoms with E-state index in [1.807, 2.05) is 29.7 Å². The van der Waals surface area contributed by atoms with Crippen LogP contribution in [-0.2, 0) is 5.75 Å². The average Bonchev–Trinajstić information content (AvgIpc) is 3.11. The molecule has 0 unspecified atom stereocenters. The van der Waals surface area contributed by atoms with Gasteiger partial charge in [0.05, 0.1) is 5.69 Å². The molecule has 4 rings (SSSR count). The van der Waals surface area contributed by atoms with Crippen LogP contribution in [0.3, 0.4) is 0 Å². The van der Waals surface area contributed by atoms with Gasteiger partial charge in [-0.05, 0) is 41.0 Å². The quantitative estimate of drug-likeness (QED) is 0.436. The molecule has 0 spiro atoms. The molecule has 0 saturated carbocycles. The Hall–Kier alpha value is -2.30. The van der Waals surface area contributed by atoms with E-state index in [1.54, 1.807) is 18.1 Å². The summed E-state index contributed by atoms with van der Waals surface area (Å²) in [5.74, 6) is 0.833. The van der Waals surface area contributed by atoms with E-state index in [0.717, 1.165) is 27.2 Å². The zero-order chi connectivity index (χ0) is 17.2. The molecule has 124 valence electrons. The first-order chi connectivity index (χ1) is 12.2. The summed E-state index contributed by atoms with van der Waals surface area (Å²) in [5, 5.41) is 12.5. The standard InChI is InChI=1S/C20H16ClN3S/c1-14-9-10-17(11-19(14)21)24-13-22-23-20(24)25-12-16-7-4-6-15-5-2-3-8-18(15)16/h2-11,13H,12H2,1H3. The highest BCUT2D eigenvalue weighted by molar-refractivity contribution is 7.98. The predicted molar refractivity (Wildman–Crippen MR) is 105 cm³/mol. The Kier molecular flexibility index (Phi) is 4.47. The highest BCUT2D eigenvalue weighted by atomic mass is 35.5. The third-order valence-corrected chi connectivity index (χ3v) is 5.59. The molecule has 0 saturated heterocycles. The van der Waals surface area contributed by atoms with Gasteiger partial charge in [-0.2, -0.15) is 0 Å². The highest BCUT2D eigenvalue weighted by Crippen LogP contribution is 2.28. The fraction of sp³-hybridized carbons (Fsp3) is 0.100.